The SMILES string of the molecule is CCC(C)N(CC)C(CN)c1cccc2cccnc12. The first kappa shape index (κ1) is 14.9. The molecule has 1 aromatic carbocycles. The maximum absolute atomic E-state index is 6.10. The number of rotatable bonds is 6. The lowest BCUT2D eigenvalue weighted by Crippen LogP contribution is -2.39. The molecule has 108 valence electrons. The molecule has 2 atom stereocenters. The zero-order valence-electron chi connectivity index (χ0n) is 12.7. The Morgan fingerprint density at radius 1 is 1.20 bits per heavy atom. The van der Waals surface area contributed by atoms with Crippen LogP contribution < -0.4 is 5.73 Å². The van der Waals surface area contributed by atoms with Crippen LogP contribution >= 0.6 is 0 Å². The topological polar surface area (TPSA) is 42.1 Å². The van der Waals surface area contributed by atoms with Crippen LogP contribution in [0, 0.1) is 0 Å². The number of nitrogens with zero attached hydrogens (tertiary/aromatic N) is 2. The van der Waals surface area contributed by atoms with Gasteiger partial charge in [0.25, 0.3) is 0 Å². The summed E-state index contributed by atoms with van der Waals surface area (Å²) in [6.45, 7) is 8.31. The van der Waals surface area contributed by atoms with Crippen LogP contribution in [0.3, 0.4) is 0 Å². The second-order valence-electron chi connectivity index (χ2n) is 5.26. The van der Waals surface area contributed by atoms with Crippen LogP contribution in [0.4, 0.5) is 0 Å². The predicted molar refractivity (Wildman–Crippen MR) is 85.7 cm³/mol. The van der Waals surface area contributed by atoms with E-state index in [0.717, 1.165) is 18.5 Å². The van der Waals surface area contributed by atoms with Crippen LogP contribution in [0.1, 0.15) is 38.8 Å². The van der Waals surface area contributed by atoms with E-state index in [2.05, 4.69) is 54.9 Å². The fourth-order valence-electron chi connectivity index (χ4n) is 2.91. The number of benzene rings is 1. The van der Waals surface area contributed by atoms with Crippen molar-refractivity contribution in [3.05, 3.63) is 42.1 Å². The van der Waals surface area contributed by atoms with Gasteiger partial charge in [0, 0.05) is 30.2 Å². The van der Waals surface area contributed by atoms with Gasteiger partial charge in [-0.3, -0.25) is 9.88 Å². The molecule has 3 heteroatoms. The predicted octanol–water partition coefficient (Wildman–Crippen LogP) is 3.36. The van der Waals surface area contributed by atoms with Crippen molar-refractivity contribution in [2.45, 2.75) is 39.3 Å². The molecule has 0 saturated carbocycles. The molecule has 1 aromatic heterocycles. The highest BCUT2D eigenvalue weighted by Crippen LogP contribution is 2.28. The van der Waals surface area contributed by atoms with E-state index < -0.39 is 0 Å². The van der Waals surface area contributed by atoms with Crippen LogP contribution in [-0.4, -0.2) is 29.0 Å². The van der Waals surface area contributed by atoms with Crippen molar-refractivity contribution in [1.29, 1.82) is 0 Å². The van der Waals surface area contributed by atoms with Gasteiger partial charge >= 0.3 is 0 Å². The molecule has 0 radical (unpaired) electrons. The van der Waals surface area contributed by atoms with Gasteiger partial charge < -0.3 is 5.73 Å². The summed E-state index contributed by atoms with van der Waals surface area (Å²) in [5, 5.41) is 1.18. The van der Waals surface area contributed by atoms with Crippen molar-refractivity contribution in [3.63, 3.8) is 0 Å². The number of nitrogens with two attached hydrogens (primary N) is 1. The molecule has 0 fully saturated rings. The van der Waals surface area contributed by atoms with Crippen LogP contribution in [0.15, 0.2) is 36.5 Å². The third-order valence-electron chi connectivity index (χ3n) is 4.17. The average molecular weight is 271 g/mol. The first-order chi connectivity index (χ1) is 9.72. The van der Waals surface area contributed by atoms with E-state index in [1.807, 2.05) is 12.3 Å². The van der Waals surface area contributed by atoms with E-state index in [-0.39, 0.29) is 6.04 Å². The van der Waals surface area contributed by atoms with E-state index in [1.54, 1.807) is 0 Å². The summed E-state index contributed by atoms with van der Waals surface area (Å²) in [7, 11) is 0. The Hall–Kier alpha value is -1.45. The molecule has 3 nitrogen and oxygen atoms in total. The molecule has 0 spiro atoms. The molecule has 0 bridgehead atoms. The molecule has 0 aliphatic carbocycles. The van der Waals surface area contributed by atoms with Crippen molar-refractivity contribution in [2.24, 2.45) is 5.73 Å². The minimum Gasteiger partial charge on any atom is -0.329 e. The number of likely N-dealkylation sites (N-methyl/N-ethyl adjacent to an activating group) is 1. The summed E-state index contributed by atoms with van der Waals surface area (Å²) in [5.74, 6) is 0. The molecule has 0 amide bonds. The molecule has 2 aromatic rings. The molecular formula is C17H25N3. The molecule has 0 saturated heterocycles. The van der Waals surface area contributed by atoms with Gasteiger partial charge in [-0.25, -0.2) is 0 Å². The molecule has 2 N–H and O–H groups in total. The minimum atomic E-state index is 0.230. The normalized spacial score (nSPS) is 14.7. The fraction of sp³-hybridized carbons (Fsp3) is 0.471. The summed E-state index contributed by atoms with van der Waals surface area (Å²) in [6, 6.07) is 11.2. The van der Waals surface area contributed by atoms with E-state index in [0.29, 0.717) is 12.6 Å². The van der Waals surface area contributed by atoms with Gasteiger partial charge in [-0.15, -0.1) is 0 Å². The van der Waals surface area contributed by atoms with Gasteiger partial charge in [0.15, 0.2) is 0 Å². The van der Waals surface area contributed by atoms with Crippen molar-refractivity contribution < 1.29 is 0 Å². The maximum Gasteiger partial charge on any atom is 0.0750 e. The molecule has 2 rings (SSSR count). The Morgan fingerprint density at radius 3 is 2.60 bits per heavy atom. The molecule has 2 unspecified atom stereocenters. The quantitative estimate of drug-likeness (QED) is 0.876. The molecule has 20 heavy (non-hydrogen) atoms. The zero-order chi connectivity index (χ0) is 14.5. The minimum absolute atomic E-state index is 0.230. The van der Waals surface area contributed by atoms with Gasteiger partial charge in [0.2, 0.25) is 0 Å². The van der Waals surface area contributed by atoms with Gasteiger partial charge in [0.1, 0.15) is 0 Å². The third kappa shape index (κ3) is 2.84. The number of aromatic nitrogens is 1. The number of fused-ring (bicyclic) bond motifs is 1. The van der Waals surface area contributed by atoms with Crippen LogP contribution in [0.5, 0.6) is 0 Å². The van der Waals surface area contributed by atoms with E-state index >= 15 is 0 Å². The Kier molecular flexibility index (Phi) is 5.10. The van der Waals surface area contributed by atoms with E-state index in [9.17, 15) is 0 Å². The number of hydrogen-bond acceptors (Lipinski definition) is 3. The second kappa shape index (κ2) is 6.82. The summed E-state index contributed by atoms with van der Waals surface area (Å²) < 4.78 is 0. The fourth-order valence-corrected chi connectivity index (χ4v) is 2.91. The lowest BCUT2D eigenvalue weighted by molar-refractivity contribution is 0.153. The zero-order valence-corrected chi connectivity index (χ0v) is 12.7. The summed E-state index contributed by atoms with van der Waals surface area (Å²) >= 11 is 0. The highest BCUT2D eigenvalue weighted by molar-refractivity contribution is 5.82. The van der Waals surface area contributed by atoms with Crippen molar-refractivity contribution in [1.82, 2.24) is 9.88 Å². The standard InChI is InChI=1S/C17H25N3/c1-4-13(3)20(5-2)16(12-18)15-10-6-8-14-9-7-11-19-17(14)15/h6-11,13,16H,4-5,12,18H2,1-3H3. The number of pyridine rings is 1. The van der Waals surface area contributed by atoms with E-state index in [4.69, 9.17) is 5.73 Å². The second-order valence-corrected chi connectivity index (χ2v) is 5.26. The summed E-state index contributed by atoms with van der Waals surface area (Å²) in [4.78, 5) is 7.05. The first-order valence-electron chi connectivity index (χ1n) is 7.52. The Morgan fingerprint density at radius 2 is 1.95 bits per heavy atom. The summed E-state index contributed by atoms with van der Waals surface area (Å²) in [5.41, 5.74) is 8.41. The molecular weight excluding hydrogens is 246 g/mol. The lowest BCUT2D eigenvalue weighted by Gasteiger charge is -2.35. The Bertz CT molecular complexity index is 547. The highest BCUT2D eigenvalue weighted by Gasteiger charge is 2.23. The van der Waals surface area contributed by atoms with Gasteiger partial charge in [0.05, 0.1) is 5.52 Å². The van der Waals surface area contributed by atoms with Crippen molar-refractivity contribution >= 4 is 10.9 Å². The largest absolute Gasteiger partial charge is 0.329 e. The highest BCUT2D eigenvalue weighted by atomic mass is 15.2. The smallest absolute Gasteiger partial charge is 0.0750 e. The molecule has 0 aliphatic rings. The van der Waals surface area contributed by atoms with Crippen LogP contribution in [0.25, 0.3) is 10.9 Å². The van der Waals surface area contributed by atoms with Gasteiger partial charge in [-0.2, -0.15) is 0 Å². The third-order valence-corrected chi connectivity index (χ3v) is 4.17. The van der Waals surface area contributed by atoms with E-state index in [1.165, 1.54) is 10.9 Å². The van der Waals surface area contributed by atoms with Crippen LogP contribution in [0.2, 0.25) is 0 Å². The number of para-hydroxylation sites is 1. The Balaban J connectivity index is 2.48. The molecule has 1 heterocycles. The van der Waals surface area contributed by atoms with Gasteiger partial charge in [-0.1, -0.05) is 38.1 Å². The van der Waals surface area contributed by atoms with Gasteiger partial charge in [-0.05, 0) is 31.5 Å². The average Bonchev–Trinajstić information content (AvgIpc) is 2.51. The molecule has 0 aliphatic heterocycles. The summed E-state index contributed by atoms with van der Waals surface area (Å²) in [6.07, 6.45) is 2.99. The lowest BCUT2D eigenvalue weighted by atomic mass is 9.99. The monoisotopic (exact) mass is 271 g/mol. The van der Waals surface area contributed by atoms with Crippen LogP contribution in [-0.2, 0) is 0 Å². The first-order valence-corrected chi connectivity index (χ1v) is 7.52. The van der Waals surface area contributed by atoms with Crippen molar-refractivity contribution in [3.8, 4) is 0 Å². The maximum atomic E-state index is 6.10. The number of hydrogen-bond donors (Lipinski definition) is 1. The Labute approximate surface area is 121 Å². The van der Waals surface area contributed by atoms with Crippen molar-refractivity contribution in [2.75, 3.05) is 13.1 Å².